The minimum Gasteiger partial charge on any atom is -0.520 e. The van der Waals surface area contributed by atoms with Crippen LogP contribution in [-0.4, -0.2) is 15.7 Å². The Kier molecular flexibility index (Phi) is 4.77. The molecule has 0 atom stereocenters. The molecule has 1 aromatic rings. The summed E-state index contributed by atoms with van der Waals surface area (Å²) in [5.74, 6) is 0.884. The van der Waals surface area contributed by atoms with Crippen molar-refractivity contribution in [3.8, 4) is 5.75 Å². The second-order valence-electron chi connectivity index (χ2n) is 3.70. The van der Waals surface area contributed by atoms with Crippen LogP contribution in [0.5, 0.6) is 5.75 Å². The van der Waals surface area contributed by atoms with Gasteiger partial charge in [-0.1, -0.05) is 38.6 Å². The molecule has 0 fully saturated rings. The second kappa shape index (κ2) is 5.87. The topological polar surface area (TPSA) is 18.5 Å². The Morgan fingerprint density at radius 2 is 2.00 bits per heavy atom. The van der Waals surface area contributed by atoms with Crippen molar-refractivity contribution in [1.29, 1.82) is 0 Å². The summed E-state index contributed by atoms with van der Waals surface area (Å²) in [4.78, 5) is 0. The Labute approximate surface area is 99.2 Å². The quantitative estimate of drug-likeness (QED) is 0.699. The smallest absolute Gasteiger partial charge is 0.398 e. The molecule has 0 radical (unpaired) electrons. The van der Waals surface area contributed by atoms with E-state index in [-0.39, 0.29) is 0 Å². The van der Waals surface area contributed by atoms with E-state index in [1.54, 1.807) is 7.11 Å². The average molecular weight is 236 g/mol. The third-order valence-corrected chi connectivity index (χ3v) is 6.35. The van der Waals surface area contributed by atoms with Crippen LogP contribution < -0.4 is 4.43 Å². The third-order valence-electron chi connectivity index (χ3n) is 2.85. The van der Waals surface area contributed by atoms with Crippen molar-refractivity contribution in [2.75, 3.05) is 7.11 Å². The van der Waals surface area contributed by atoms with Crippen molar-refractivity contribution in [1.82, 2.24) is 0 Å². The first-order chi connectivity index (χ1) is 7.69. The van der Waals surface area contributed by atoms with Crippen LogP contribution in [0.25, 0.3) is 6.08 Å². The molecule has 0 bridgehead atoms. The zero-order valence-electron chi connectivity index (χ0n) is 10.3. The summed E-state index contributed by atoms with van der Waals surface area (Å²) < 4.78 is 11.7. The van der Waals surface area contributed by atoms with E-state index in [2.05, 4.69) is 20.4 Å². The lowest BCUT2D eigenvalue weighted by atomic mass is 10.2. The monoisotopic (exact) mass is 236 g/mol. The van der Waals surface area contributed by atoms with E-state index >= 15 is 0 Å². The maximum Gasteiger partial charge on any atom is 0.398 e. The molecule has 0 saturated heterocycles. The van der Waals surface area contributed by atoms with Crippen LogP contribution in [-0.2, 0) is 4.43 Å². The van der Waals surface area contributed by atoms with E-state index in [1.807, 2.05) is 30.3 Å². The van der Waals surface area contributed by atoms with Gasteiger partial charge in [0.2, 0.25) is 0 Å². The minimum atomic E-state index is -2.03. The van der Waals surface area contributed by atoms with Gasteiger partial charge in [0.05, 0.1) is 0 Å². The third kappa shape index (κ3) is 2.96. The van der Waals surface area contributed by atoms with Crippen LogP contribution in [0.3, 0.4) is 0 Å². The summed E-state index contributed by atoms with van der Waals surface area (Å²) >= 11 is 0. The molecule has 3 heteroatoms. The van der Waals surface area contributed by atoms with Gasteiger partial charge in [-0.05, 0) is 29.8 Å². The molecular formula is C13H20O2Si. The SMILES string of the molecule is C=Cc1cccc(O[Si](CC)(CC)OC)c1. The maximum absolute atomic E-state index is 6.06. The lowest BCUT2D eigenvalue weighted by Crippen LogP contribution is -2.42. The van der Waals surface area contributed by atoms with Gasteiger partial charge in [0.25, 0.3) is 0 Å². The molecule has 2 nitrogen and oxygen atoms in total. The first-order valence-corrected chi connectivity index (χ1v) is 7.89. The highest BCUT2D eigenvalue weighted by Crippen LogP contribution is 2.23. The van der Waals surface area contributed by atoms with Gasteiger partial charge >= 0.3 is 8.56 Å². The van der Waals surface area contributed by atoms with E-state index in [9.17, 15) is 0 Å². The van der Waals surface area contributed by atoms with Gasteiger partial charge in [0.1, 0.15) is 5.75 Å². The molecule has 0 aliphatic heterocycles. The predicted molar refractivity (Wildman–Crippen MR) is 70.9 cm³/mol. The van der Waals surface area contributed by atoms with Gasteiger partial charge in [-0.15, -0.1) is 0 Å². The van der Waals surface area contributed by atoms with E-state index in [0.717, 1.165) is 23.4 Å². The molecule has 0 saturated carbocycles. The minimum absolute atomic E-state index is 0.884. The summed E-state index contributed by atoms with van der Waals surface area (Å²) in [6, 6.07) is 9.87. The molecule has 1 rings (SSSR count). The van der Waals surface area contributed by atoms with Crippen molar-refractivity contribution in [2.24, 2.45) is 0 Å². The Morgan fingerprint density at radius 1 is 1.31 bits per heavy atom. The molecule has 0 amide bonds. The zero-order valence-corrected chi connectivity index (χ0v) is 11.3. The first-order valence-electron chi connectivity index (χ1n) is 5.66. The number of hydrogen-bond donors (Lipinski definition) is 0. The normalized spacial score (nSPS) is 11.2. The molecule has 16 heavy (non-hydrogen) atoms. The average Bonchev–Trinajstić information content (AvgIpc) is 2.36. The Balaban J connectivity index is 2.88. The molecule has 0 aliphatic rings. The summed E-state index contributed by atoms with van der Waals surface area (Å²) in [5.41, 5.74) is 1.07. The lowest BCUT2D eigenvalue weighted by molar-refractivity contribution is 0.299. The molecule has 88 valence electrons. The van der Waals surface area contributed by atoms with Gasteiger partial charge in [0, 0.05) is 7.11 Å². The standard InChI is InChI=1S/C13H20O2Si/c1-5-12-9-8-10-13(11-12)15-16(6-2,7-3)14-4/h5,8-11H,1,6-7H2,2-4H3. The first kappa shape index (κ1) is 13.0. The highest BCUT2D eigenvalue weighted by molar-refractivity contribution is 6.67. The van der Waals surface area contributed by atoms with Crippen molar-refractivity contribution in [2.45, 2.75) is 25.9 Å². The van der Waals surface area contributed by atoms with Crippen LogP contribution in [0.15, 0.2) is 30.8 Å². The van der Waals surface area contributed by atoms with Gasteiger partial charge in [-0.25, -0.2) is 0 Å². The van der Waals surface area contributed by atoms with Crippen LogP contribution in [0.4, 0.5) is 0 Å². The predicted octanol–water partition coefficient (Wildman–Crippen LogP) is 3.84. The number of hydrogen-bond acceptors (Lipinski definition) is 2. The van der Waals surface area contributed by atoms with E-state index < -0.39 is 8.56 Å². The van der Waals surface area contributed by atoms with Crippen LogP contribution in [0.2, 0.25) is 12.1 Å². The molecule has 0 spiro atoms. The number of rotatable bonds is 6. The fraction of sp³-hybridized carbons (Fsp3) is 0.385. The fourth-order valence-electron chi connectivity index (χ4n) is 1.64. The summed E-state index contributed by atoms with van der Waals surface area (Å²) in [5, 5.41) is 0. The summed E-state index contributed by atoms with van der Waals surface area (Å²) in [6.45, 7) is 8.00. The highest BCUT2D eigenvalue weighted by Gasteiger charge is 2.34. The van der Waals surface area contributed by atoms with Gasteiger partial charge < -0.3 is 8.85 Å². The Morgan fingerprint density at radius 3 is 2.50 bits per heavy atom. The molecule has 0 aliphatic carbocycles. The maximum atomic E-state index is 6.06. The van der Waals surface area contributed by atoms with Gasteiger partial charge in [-0.2, -0.15) is 0 Å². The largest absolute Gasteiger partial charge is 0.520 e. The molecule has 0 N–H and O–H groups in total. The molecular weight excluding hydrogens is 216 g/mol. The van der Waals surface area contributed by atoms with Crippen LogP contribution in [0.1, 0.15) is 19.4 Å². The lowest BCUT2D eigenvalue weighted by Gasteiger charge is -2.27. The molecule has 1 aromatic carbocycles. The summed E-state index contributed by atoms with van der Waals surface area (Å²) in [6.07, 6.45) is 1.82. The summed E-state index contributed by atoms with van der Waals surface area (Å²) in [7, 11) is -0.282. The highest BCUT2D eigenvalue weighted by atomic mass is 28.4. The molecule has 0 unspecified atom stereocenters. The Hall–Kier alpha value is -1.06. The van der Waals surface area contributed by atoms with Crippen LogP contribution in [0, 0.1) is 0 Å². The van der Waals surface area contributed by atoms with E-state index in [4.69, 9.17) is 8.85 Å². The fourth-order valence-corrected chi connectivity index (χ4v) is 3.65. The van der Waals surface area contributed by atoms with Crippen molar-refractivity contribution >= 4 is 14.6 Å². The van der Waals surface area contributed by atoms with Crippen molar-refractivity contribution < 1.29 is 8.85 Å². The molecule has 0 heterocycles. The zero-order chi connectivity index (χ0) is 12.0. The number of benzene rings is 1. The van der Waals surface area contributed by atoms with Crippen molar-refractivity contribution in [3.05, 3.63) is 36.4 Å². The second-order valence-corrected chi connectivity index (χ2v) is 7.55. The van der Waals surface area contributed by atoms with Gasteiger partial charge in [0.15, 0.2) is 0 Å². The Bertz CT molecular complexity index is 337. The van der Waals surface area contributed by atoms with E-state index in [1.165, 1.54) is 0 Å². The van der Waals surface area contributed by atoms with Crippen LogP contribution >= 0.6 is 0 Å². The molecule has 0 aromatic heterocycles. The van der Waals surface area contributed by atoms with Gasteiger partial charge in [-0.3, -0.25) is 0 Å². The van der Waals surface area contributed by atoms with Crippen molar-refractivity contribution in [3.63, 3.8) is 0 Å². The van der Waals surface area contributed by atoms with E-state index in [0.29, 0.717) is 0 Å².